The van der Waals surface area contributed by atoms with E-state index in [9.17, 15) is 4.79 Å². The van der Waals surface area contributed by atoms with E-state index in [1.54, 1.807) is 43.0 Å². The molecule has 0 bridgehead atoms. The molecular weight excluding hydrogens is 440 g/mol. The maximum absolute atomic E-state index is 13.8. The average molecular weight is 465 g/mol. The summed E-state index contributed by atoms with van der Waals surface area (Å²) in [6.45, 7) is 8.09. The molecule has 0 fully saturated rings. The summed E-state index contributed by atoms with van der Waals surface area (Å²) < 4.78 is 7.21. The van der Waals surface area contributed by atoms with Crippen LogP contribution in [0.2, 0.25) is 5.02 Å². The molecule has 0 atom stereocenters. The van der Waals surface area contributed by atoms with Crippen LogP contribution in [0.3, 0.4) is 0 Å². The number of halogens is 1. The summed E-state index contributed by atoms with van der Waals surface area (Å²) in [5.41, 5.74) is 3.10. The van der Waals surface area contributed by atoms with E-state index in [4.69, 9.17) is 21.3 Å². The second kappa shape index (κ2) is 8.93. The Hall–Kier alpha value is -2.89. The summed E-state index contributed by atoms with van der Waals surface area (Å²) in [6.07, 6.45) is 0. The van der Waals surface area contributed by atoms with Crippen LogP contribution in [-0.4, -0.2) is 16.5 Å². The molecule has 6 heteroatoms. The minimum atomic E-state index is -1.11. The van der Waals surface area contributed by atoms with Crippen molar-refractivity contribution in [2.45, 2.75) is 39.8 Å². The molecular formula is C26H25ClN2O2S. The third kappa shape index (κ3) is 4.64. The average Bonchev–Trinajstić information content (AvgIpc) is 3.23. The van der Waals surface area contributed by atoms with Gasteiger partial charge < -0.3 is 4.74 Å². The largest absolute Gasteiger partial charge is 0.478 e. The van der Waals surface area contributed by atoms with Crippen molar-refractivity contribution in [1.82, 2.24) is 4.98 Å². The molecule has 32 heavy (non-hydrogen) atoms. The number of ether oxygens (including phenoxy) is 1. The minimum Gasteiger partial charge on any atom is -0.478 e. The number of aryl methyl sites for hydroxylation is 2. The molecule has 0 aliphatic rings. The van der Waals surface area contributed by atoms with Crippen LogP contribution in [0.15, 0.2) is 66.7 Å². The zero-order chi connectivity index (χ0) is 22.9. The lowest BCUT2D eigenvalue weighted by Gasteiger charge is -2.31. The van der Waals surface area contributed by atoms with Gasteiger partial charge in [-0.1, -0.05) is 65.4 Å². The Balaban J connectivity index is 1.73. The van der Waals surface area contributed by atoms with Crippen LogP contribution in [0.1, 0.15) is 30.5 Å². The number of carbonyl (C=O) groups excluding carboxylic acids is 1. The van der Waals surface area contributed by atoms with Crippen LogP contribution in [0.4, 0.5) is 5.13 Å². The third-order valence-electron chi connectivity index (χ3n) is 5.29. The first-order valence-electron chi connectivity index (χ1n) is 10.4. The summed E-state index contributed by atoms with van der Waals surface area (Å²) in [4.78, 5) is 20.4. The highest BCUT2D eigenvalue weighted by atomic mass is 35.5. The molecule has 1 heterocycles. The Kier molecular flexibility index (Phi) is 6.22. The van der Waals surface area contributed by atoms with Crippen molar-refractivity contribution in [3.8, 4) is 5.75 Å². The molecule has 0 N–H and O–H groups in total. The summed E-state index contributed by atoms with van der Waals surface area (Å²) in [6, 6.07) is 21.1. The van der Waals surface area contributed by atoms with Crippen LogP contribution in [0.25, 0.3) is 10.2 Å². The van der Waals surface area contributed by atoms with Crippen LogP contribution >= 0.6 is 22.9 Å². The molecule has 0 saturated carbocycles. The van der Waals surface area contributed by atoms with Gasteiger partial charge in [-0.2, -0.15) is 0 Å². The van der Waals surface area contributed by atoms with Crippen molar-refractivity contribution >= 4 is 44.2 Å². The number of thiazole rings is 1. The Morgan fingerprint density at radius 1 is 1.00 bits per heavy atom. The highest BCUT2D eigenvalue weighted by Crippen LogP contribution is 2.35. The van der Waals surface area contributed by atoms with Crippen LogP contribution in [-0.2, 0) is 11.3 Å². The summed E-state index contributed by atoms with van der Waals surface area (Å²) in [7, 11) is 0. The van der Waals surface area contributed by atoms with Crippen molar-refractivity contribution < 1.29 is 9.53 Å². The number of rotatable bonds is 6. The zero-order valence-corrected chi connectivity index (χ0v) is 20.1. The molecule has 4 nitrogen and oxygen atoms in total. The molecule has 4 aromatic rings. The molecule has 164 valence electrons. The maximum atomic E-state index is 13.8. The van der Waals surface area contributed by atoms with Crippen molar-refractivity contribution in [2.24, 2.45) is 0 Å². The van der Waals surface area contributed by atoms with Crippen molar-refractivity contribution in [1.29, 1.82) is 0 Å². The minimum absolute atomic E-state index is 0.161. The summed E-state index contributed by atoms with van der Waals surface area (Å²) in [5.74, 6) is 0.425. The van der Waals surface area contributed by atoms with E-state index >= 15 is 0 Å². The normalized spacial score (nSPS) is 11.5. The standard InChI is InChI=1S/C26H25ClN2O2S/c1-17-10-11-18(2)23-22(17)28-25(32-23)29(16-19-8-6-5-7-9-19)24(30)26(3,4)31-21-14-12-20(27)13-15-21/h5-15H,16H2,1-4H3. The number of fused-ring (bicyclic) bond motifs is 1. The molecule has 1 aromatic heterocycles. The molecule has 0 spiro atoms. The van der Waals surface area contributed by atoms with Gasteiger partial charge in [0.25, 0.3) is 5.91 Å². The molecule has 0 aliphatic heterocycles. The molecule has 3 aromatic carbocycles. The second-order valence-electron chi connectivity index (χ2n) is 8.32. The number of benzene rings is 3. The van der Waals surface area contributed by atoms with Crippen LogP contribution in [0.5, 0.6) is 5.75 Å². The van der Waals surface area contributed by atoms with E-state index < -0.39 is 5.60 Å². The van der Waals surface area contributed by atoms with Gasteiger partial charge in [0.1, 0.15) is 5.75 Å². The maximum Gasteiger partial charge on any atom is 0.272 e. The van der Waals surface area contributed by atoms with Crippen LogP contribution < -0.4 is 9.64 Å². The van der Waals surface area contributed by atoms with Crippen LogP contribution in [0, 0.1) is 13.8 Å². The fourth-order valence-electron chi connectivity index (χ4n) is 3.52. The quantitative estimate of drug-likeness (QED) is 0.310. The number of aromatic nitrogens is 1. The molecule has 0 radical (unpaired) electrons. The van der Waals surface area contributed by atoms with E-state index in [1.807, 2.05) is 37.3 Å². The monoisotopic (exact) mass is 464 g/mol. The van der Waals surface area contributed by atoms with Gasteiger partial charge in [0.15, 0.2) is 10.7 Å². The smallest absolute Gasteiger partial charge is 0.272 e. The van der Waals surface area contributed by atoms with Gasteiger partial charge >= 0.3 is 0 Å². The lowest BCUT2D eigenvalue weighted by Crippen LogP contribution is -2.48. The van der Waals surface area contributed by atoms with Gasteiger partial charge in [-0.05, 0) is 68.7 Å². The van der Waals surface area contributed by atoms with Crippen molar-refractivity contribution in [3.05, 3.63) is 88.4 Å². The van der Waals surface area contributed by atoms with Crippen molar-refractivity contribution in [2.75, 3.05) is 4.90 Å². The summed E-state index contributed by atoms with van der Waals surface area (Å²) >= 11 is 7.53. The lowest BCUT2D eigenvalue weighted by molar-refractivity contribution is -0.131. The van der Waals surface area contributed by atoms with E-state index in [0.717, 1.165) is 26.9 Å². The van der Waals surface area contributed by atoms with E-state index in [-0.39, 0.29) is 5.91 Å². The first kappa shape index (κ1) is 22.3. The number of carbonyl (C=O) groups is 1. The number of hydrogen-bond donors (Lipinski definition) is 0. The van der Waals surface area contributed by atoms with Gasteiger partial charge in [0.05, 0.1) is 16.8 Å². The SMILES string of the molecule is Cc1ccc(C)c2sc(N(Cc3ccccc3)C(=O)C(C)(C)Oc3ccc(Cl)cc3)nc12. The summed E-state index contributed by atoms with van der Waals surface area (Å²) in [5, 5.41) is 1.28. The van der Waals surface area contributed by atoms with E-state index in [0.29, 0.717) is 22.4 Å². The Morgan fingerprint density at radius 2 is 1.66 bits per heavy atom. The molecule has 0 unspecified atom stereocenters. The van der Waals surface area contributed by atoms with Gasteiger partial charge in [-0.25, -0.2) is 4.98 Å². The first-order valence-corrected chi connectivity index (χ1v) is 11.6. The molecule has 0 aliphatic carbocycles. The van der Waals surface area contributed by atoms with Gasteiger partial charge in [-0.15, -0.1) is 0 Å². The Morgan fingerprint density at radius 3 is 2.31 bits per heavy atom. The fraction of sp³-hybridized carbons (Fsp3) is 0.231. The predicted molar refractivity (Wildman–Crippen MR) is 133 cm³/mol. The number of hydrogen-bond acceptors (Lipinski definition) is 4. The lowest BCUT2D eigenvalue weighted by atomic mass is 10.1. The molecule has 1 amide bonds. The highest BCUT2D eigenvalue weighted by molar-refractivity contribution is 7.22. The predicted octanol–water partition coefficient (Wildman–Crippen LogP) is 6.96. The van der Waals surface area contributed by atoms with Gasteiger partial charge in [0.2, 0.25) is 0 Å². The second-order valence-corrected chi connectivity index (χ2v) is 9.73. The Bertz CT molecular complexity index is 1210. The van der Waals surface area contributed by atoms with Gasteiger partial charge in [0, 0.05) is 5.02 Å². The zero-order valence-electron chi connectivity index (χ0n) is 18.6. The van der Waals surface area contributed by atoms with E-state index in [1.165, 1.54) is 11.3 Å². The number of nitrogens with zero attached hydrogens (tertiary/aromatic N) is 2. The van der Waals surface area contributed by atoms with Gasteiger partial charge in [-0.3, -0.25) is 9.69 Å². The number of anilines is 1. The molecule has 4 rings (SSSR count). The third-order valence-corrected chi connectivity index (χ3v) is 6.76. The number of amides is 1. The van der Waals surface area contributed by atoms with Crippen molar-refractivity contribution in [3.63, 3.8) is 0 Å². The fourth-order valence-corrected chi connectivity index (χ4v) is 4.76. The Labute approximate surface area is 197 Å². The topological polar surface area (TPSA) is 42.4 Å². The molecule has 0 saturated heterocycles. The highest BCUT2D eigenvalue weighted by Gasteiger charge is 2.36. The van der Waals surface area contributed by atoms with E-state index in [2.05, 4.69) is 19.1 Å². The first-order chi connectivity index (χ1) is 15.2.